The summed E-state index contributed by atoms with van der Waals surface area (Å²) in [6.45, 7) is 4.60. The van der Waals surface area contributed by atoms with Crippen molar-refractivity contribution in [1.82, 2.24) is 9.47 Å². The third kappa shape index (κ3) is 3.84. The molecule has 2 N–H and O–H groups in total. The molecule has 1 fully saturated rings. The largest absolute Gasteiger partial charge is 0.497 e. The lowest BCUT2D eigenvalue weighted by Crippen LogP contribution is -2.45. The van der Waals surface area contributed by atoms with Crippen LogP contribution in [-0.2, 0) is 4.79 Å². The van der Waals surface area contributed by atoms with Crippen LogP contribution < -0.4 is 10.5 Å². The van der Waals surface area contributed by atoms with E-state index in [2.05, 4.69) is 4.57 Å². The van der Waals surface area contributed by atoms with Gasteiger partial charge in [0.25, 0.3) is 5.91 Å². The molecule has 1 aromatic carbocycles. The van der Waals surface area contributed by atoms with Crippen LogP contribution in [0.25, 0.3) is 5.69 Å². The Morgan fingerprint density at radius 2 is 2.00 bits per heavy atom. The Kier molecular flexibility index (Phi) is 5.54. The van der Waals surface area contributed by atoms with Crippen LogP contribution in [0.15, 0.2) is 30.3 Å². The number of hydrogen-bond donors (Lipinski definition) is 1. The highest BCUT2D eigenvalue weighted by atomic mass is 16.5. The number of carbonyl (C=O) groups is 2. The molecule has 2 heterocycles. The van der Waals surface area contributed by atoms with Gasteiger partial charge in [-0.15, -0.1) is 0 Å². The van der Waals surface area contributed by atoms with Crippen molar-refractivity contribution in [2.24, 2.45) is 5.73 Å². The molecule has 2 aromatic rings. The maximum absolute atomic E-state index is 13.3. The quantitative estimate of drug-likeness (QED) is 0.880. The van der Waals surface area contributed by atoms with Crippen LogP contribution in [-0.4, -0.2) is 41.0 Å². The number of hydrogen-bond acceptors (Lipinski definition) is 3. The van der Waals surface area contributed by atoms with Gasteiger partial charge in [0.15, 0.2) is 0 Å². The van der Waals surface area contributed by atoms with Crippen LogP contribution in [0.3, 0.4) is 0 Å². The SMILES string of the molecule is COc1cccc(-n2c(C)cc(C(=O)N3CCCC[C@@H]3CC(N)=O)c2C)c1. The second-order valence-electron chi connectivity index (χ2n) is 7.14. The van der Waals surface area contributed by atoms with E-state index in [9.17, 15) is 9.59 Å². The summed E-state index contributed by atoms with van der Waals surface area (Å²) in [4.78, 5) is 26.5. The van der Waals surface area contributed by atoms with Crippen LogP contribution in [0, 0.1) is 13.8 Å². The minimum Gasteiger partial charge on any atom is -0.497 e. The molecule has 0 unspecified atom stereocenters. The molecule has 0 saturated carbocycles. The van der Waals surface area contributed by atoms with Gasteiger partial charge in [0.05, 0.1) is 12.7 Å². The Morgan fingerprint density at radius 1 is 1.22 bits per heavy atom. The zero-order chi connectivity index (χ0) is 19.6. The molecule has 1 saturated heterocycles. The van der Waals surface area contributed by atoms with E-state index in [1.165, 1.54) is 0 Å². The van der Waals surface area contributed by atoms with Gasteiger partial charge >= 0.3 is 0 Å². The Morgan fingerprint density at radius 3 is 2.70 bits per heavy atom. The summed E-state index contributed by atoms with van der Waals surface area (Å²) >= 11 is 0. The Hall–Kier alpha value is -2.76. The molecule has 1 aliphatic heterocycles. The van der Waals surface area contributed by atoms with Gasteiger partial charge in [-0.25, -0.2) is 0 Å². The van der Waals surface area contributed by atoms with Crippen molar-refractivity contribution in [3.8, 4) is 11.4 Å². The summed E-state index contributed by atoms with van der Waals surface area (Å²) in [5.41, 5.74) is 8.88. The van der Waals surface area contributed by atoms with Crippen molar-refractivity contribution >= 4 is 11.8 Å². The Bertz CT molecular complexity index is 856. The summed E-state index contributed by atoms with van der Waals surface area (Å²) in [7, 11) is 1.64. The van der Waals surface area contributed by atoms with E-state index in [0.29, 0.717) is 12.1 Å². The van der Waals surface area contributed by atoms with Gasteiger partial charge in [0.2, 0.25) is 5.91 Å². The van der Waals surface area contributed by atoms with Crippen molar-refractivity contribution in [3.63, 3.8) is 0 Å². The third-order valence-electron chi connectivity index (χ3n) is 5.30. The van der Waals surface area contributed by atoms with Crippen LogP contribution in [0.1, 0.15) is 47.4 Å². The third-order valence-corrected chi connectivity index (χ3v) is 5.30. The molecule has 144 valence electrons. The molecule has 2 amide bonds. The van der Waals surface area contributed by atoms with E-state index in [-0.39, 0.29) is 24.3 Å². The summed E-state index contributed by atoms with van der Waals surface area (Å²) in [5.74, 6) is 0.384. The number of likely N-dealkylation sites (tertiary alicyclic amines) is 1. The molecule has 1 aliphatic rings. The van der Waals surface area contributed by atoms with Crippen molar-refractivity contribution in [2.45, 2.75) is 45.6 Å². The molecule has 3 rings (SSSR count). The van der Waals surface area contributed by atoms with Gasteiger partial charge in [0, 0.05) is 42.1 Å². The van der Waals surface area contributed by atoms with E-state index in [4.69, 9.17) is 10.5 Å². The van der Waals surface area contributed by atoms with E-state index >= 15 is 0 Å². The van der Waals surface area contributed by atoms with Gasteiger partial charge < -0.3 is 19.9 Å². The first-order valence-corrected chi connectivity index (χ1v) is 9.35. The van der Waals surface area contributed by atoms with Gasteiger partial charge in [0.1, 0.15) is 5.75 Å². The predicted octanol–water partition coefficient (Wildman–Crippen LogP) is 2.97. The first kappa shape index (κ1) is 19.0. The van der Waals surface area contributed by atoms with Crippen molar-refractivity contribution < 1.29 is 14.3 Å². The van der Waals surface area contributed by atoms with Crippen molar-refractivity contribution in [1.29, 1.82) is 0 Å². The highest BCUT2D eigenvalue weighted by molar-refractivity contribution is 5.96. The van der Waals surface area contributed by atoms with Gasteiger partial charge in [-0.1, -0.05) is 6.07 Å². The molecule has 0 spiro atoms. The highest BCUT2D eigenvalue weighted by Crippen LogP contribution is 2.27. The number of methoxy groups -OCH3 is 1. The number of nitrogens with zero attached hydrogens (tertiary/aromatic N) is 2. The lowest BCUT2D eigenvalue weighted by molar-refractivity contribution is -0.119. The average Bonchev–Trinajstić information content (AvgIpc) is 2.95. The second-order valence-corrected chi connectivity index (χ2v) is 7.14. The number of amides is 2. The maximum atomic E-state index is 13.3. The Balaban J connectivity index is 1.95. The molecule has 6 heteroatoms. The minimum absolute atomic E-state index is 0.0248. The first-order chi connectivity index (χ1) is 12.9. The maximum Gasteiger partial charge on any atom is 0.255 e. The number of rotatable bonds is 5. The molecule has 1 aromatic heterocycles. The fourth-order valence-corrected chi connectivity index (χ4v) is 3.99. The molecule has 0 aliphatic carbocycles. The van der Waals surface area contributed by atoms with Gasteiger partial charge in [-0.3, -0.25) is 9.59 Å². The molecule has 1 atom stereocenters. The molecule has 27 heavy (non-hydrogen) atoms. The summed E-state index contributed by atoms with van der Waals surface area (Å²) in [6.07, 6.45) is 3.02. The van der Waals surface area contributed by atoms with Gasteiger partial charge in [-0.2, -0.15) is 0 Å². The van der Waals surface area contributed by atoms with Gasteiger partial charge in [-0.05, 0) is 51.3 Å². The second kappa shape index (κ2) is 7.86. The number of benzene rings is 1. The number of aryl methyl sites for hydroxylation is 1. The smallest absolute Gasteiger partial charge is 0.255 e. The molecule has 0 bridgehead atoms. The van der Waals surface area contributed by atoms with E-state index in [1.807, 2.05) is 49.1 Å². The normalized spacial score (nSPS) is 17.0. The first-order valence-electron chi connectivity index (χ1n) is 9.35. The number of ether oxygens (including phenoxy) is 1. The molecule has 0 radical (unpaired) electrons. The standard InChI is InChI=1S/C21H27N3O3/c1-14-11-19(15(2)24(14)17-8-6-9-18(12-17)27-3)21(26)23-10-5-4-7-16(23)13-20(22)25/h6,8-9,11-12,16H,4-5,7,10,13H2,1-3H3,(H2,22,25)/t16-/m1/s1. The number of piperidine rings is 1. The lowest BCUT2D eigenvalue weighted by Gasteiger charge is -2.35. The van der Waals surface area contributed by atoms with Crippen LogP contribution >= 0.6 is 0 Å². The highest BCUT2D eigenvalue weighted by Gasteiger charge is 2.30. The number of nitrogens with two attached hydrogens (primary N) is 1. The summed E-state index contributed by atoms with van der Waals surface area (Å²) in [6, 6.07) is 9.59. The van der Waals surface area contributed by atoms with Crippen LogP contribution in [0.4, 0.5) is 0 Å². The monoisotopic (exact) mass is 369 g/mol. The predicted molar refractivity (Wildman–Crippen MR) is 104 cm³/mol. The zero-order valence-corrected chi connectivity index (χ0v) is 16.2. The number of carbonyl (C=O) groups excluding carboxylic acids is 2. The topological polar surface area (TPSA) is 77.6 Å². The van der Waals surface area contributed by atoms with E-state index in [0.717, 1.165) is 42.1 Å². The van der Waals surface area contributed by atoms with Crippen molar-refractivity contribution in [3.05, 3.63) is 47.3 Å². The average molecular weight is 369 g/mol. The van der Waals surface area contributed by atoms with E-state index < -0.39 is 0 Å². The van der Waals surface area contributed by atoms with Crippen LogP contribution in [0.5, 0.6) is 5.75 Å². The fraction of sp³-hybridized carbons (Fsp3) is 0.429. The van der Waals surface area contributed by atoms with Crippen LogP contribution in [0.2, 0.25) is 0 Å². The fourth-order valence-electron chi connectivity index (χ4n) is 3.99. The molecular formula is C21H27N3O3. The lowest BCUT2D eigenvalue weighted by atomic mass is 9.98. The number of aromatic nitrogens is 1. The Labute approximate surface area is 159 Å². The minimum atomic E-state index is -0.360. The van der Waals surface area contributed by atoms with Crippen molar-refractivity contribution in [2.75, 3.05) is 13.7 Å². The summed E-state index contributed by atoms with van der Waals surface area (Å²) in [5, 5.41) is 0. The zero-order valence-electron chi connectivity index (χ0n) is 16.2. The number of primary amides is 1. The summed E-state index contributed by atoms with van der Waals surface area (Å²) < 4.78 is 7.38. The molecule has 6 nitrogen and oxygen atoms in total. The van der Waals surface area contributed by atoms with E-state index in [1.54, 1.807) is 7.11 Å². The molecular weight excluding hydrogens is 342 g/mol.